The number of nitrogens with one attached hydrogen (secondary N) is 1. The van der Waals surface area contributed by atoms with Gasteiger partial charge >= 0.3 is 6.18 Å². The van der Waals surface area contributed by atoms with Crippen molar-refractivity contribution in [1.82, 2.24) is 10.2 Å². The molecule has 1 fully saturated rings. The molecule has 1 rings (SSSR count). The van der Waals surface area contributed by atoms with E-state index in [-0.39, 0.29) is 13.1 Å². The molecule has 1 atom stereocenters. The molecule has 0 aromatic heterocycles. The predicted molar refractivity (Wildman–Crippen MR) is 55.2 cm³/mol. The lowest BCUT2D eigenvalue weighted by molar-refractivity contribution is -0.133. The molecule has 96 valence electrons. The van der Waals surface area contributed by atoms with Gasteiger partial charge in [0.2, 0.25) is 0 Å². The Bertz CT molecular complexity index is 193. The van der Waals surface area contributed by atoms with E-state index in [2.05, 4.69) is 10.2 Å². The van der Waals surface area contributed by atoms with E-state index in [0.717, 1.165) is 25.9 Å². The Labute approximate surface area is 93.6 Å². The highest BCUT2D eigenvalue weighted by atomic mass is 19.4. The summed E-state index contributed by atoms with van der Waals surface area (Å²) in [6.07, 6.45) is -3.25. The maximum atomic E-state index is 11.8. The molecule has 1 heterocycles. The molecule has 0 bridgehead atoms. The Morgan fingerprint density at radius 3 is 2.44 bits per heavy atom. The first-order chi connectivity index (χ1) is 7.47. The van der Waals surface area contributed by atoms with E-state index in [4.69, 9.17) is 0 Å². The van der Waals surface area contributed by atoms with Crippen molar-refractivity contribution in [2.75, 3.05) is 32.7 Å². The molecule has 2 N–H and O–H groups in total. The van der Waals surface area contributed by atoms with Crippen LogP contribution in [0.4, 0.5) is 13.2 Å². The highest BCUT2D eigenvalue weighted by Crippen LogP contribution is 2.18. The molecule has 1 aliphatic heterocycles. The van der Waals surface area contributed by atoms with Crippen LogP contribution in [0.25, 0.3) is 0 Å². The zero-order chi connectivity index (χ0) is 12.0. The smallest absolute Gasteiger partial charge is 0.390 e. The van der Waals surface area contributed by atoms with Crippen LogP contribution < -0.4 is 5.32 Å². The lowest BCUT2D eigenvalue weighted by atomic mass is 10.3. The minimum atomic E-state index is -4.12. The second-order valence-electron chi connectivity index (χ2n) is 4.23. The second kappa shape index (κ2) is 6.42. The fourth-order valence-corrected chi connectivity index (χ4v) is 1.83. The fourth-order valence-electron chi connectivity index (χ4n) is 1.83. The first-order valence-electron chi connectivity index (χ1n) is 5.65. The Morgan fingerprint density at radius 1 is 1.25 bits per heavy atom. The molecule has 0 radical (unpaired) electrons. The fraction of sp³-hybridized carbons (Fsp3) is 1.00. The van der Waals surface area contributed by atoms with Gasteiger partial charge in [-0.15, -0.1) is 0 Å². The van der Waals surface area contributed by atoms with Crippen LogP contribution in [0.5, 0.6) is 0 Å². The highest BCUT2D eigenvalue weighted by Gasteiger charge is 2.26. The molecular weight excluding hydrogens is 221 g/mol. The Morgan fingerprint density at radius 2 is 1.88 bits per heavy atom. The van der Waals surface area contributed by atoms with Crippen LogP contribution in [0.2, 0.25) is 0 Å². The average Bonchev–Trinajstić information content (AvgIpc) is 2.63. The number of halogens is 3. The Balaban J connectivity index is 1.99. The summed E-state index contributed by atoms with van der Waals surface area (Å²) in [5, 5.41) is 12.2. The van der Waals surface area contributed by atoms with Gasteiger partial charge in [-0.05, 0) is 25.9 Å². The summed E-state index contributed by atoms with van der Waals surface area (Å²) in [4.78, 5) is 2.14. The van der Waals surface area contributed by atoms with E-state index in [0.29, 0.717) is 6.54 Å². The quantitative estimate of drug-likeness (QED) is 0.679. The van der Waals surface area contributed by atoms with Gasteiger partial charge in [-0.1, -0.05) is 0 Å². The number of hydrogen-bond acceptors (Lipinski definition) is 3. The monoisotopic (exact) mass is 240 g/mol. The molecule has 1 aliphatic rings. The van der Waals surface area contributed by atoms with Crippen molar-refractivity contribution < 1.29 is 18.3 Å². The summed E-state index contributed by atoms with van der Waals surface area (Å²) < 4.78 is 35.4. The van der Waals surface area contributed by atoms with Crippen molar-refractivity contribution in [3.05, 3.63) is 0 Å². The highest BCUT2D eigenvalue weighted by molar-refractivity contribution is 4.71. The lowest BCUT2D eigenvalue weighted by Crippen LogP contribution is -2.37. The van der Waals surface area contributed by atoms with E-state index >= 15 is 0 Å². The number of aliphatic hydroxyl groups is 1. The maximum Gasteiger partial charge on any atom is 0.390 e. The van der Waals surface area contributed by atoms with Crippen molar-refractivity contribution in [3.8, 4) is 0 Å². The predicted octanol–water partition coefficient (Wildman–Crippen LogP) is 0.985. The van der Waals surface area contributed by atoms with Gasteiger partial charge in [0, 0.05) is 19.6 Å². The molecule has 0 aromatic carbocycles. The standard InChI is InChI=1S/C10H19F3N2O/c11-10(12,13)3-4-14-7-9(16)8-15-5-1-2-6-15/h9,14,16H,1-8H2. The average molecular weight is 240 g/mol. The molecule has 3 nitrogen and oxygen atoms in total. The molecule has 0 saturated carbocycles. The summed E-state index contributed by atoms with van der Waals surface area (Å²) in [5.41, 5.74) is 0. The number of aliphatic hydroxyl groups excluding tert-OH is 1. The number of alkyl halides is 3. The summed E-state index contributed by atoms with van der Waals surface area (Å²) in [5.74, 6) is 0. The van der Waals surface area contributed by atoms with E-state index in [1.807, 2.05) is 0 Å². The van der Waals surface area contributed by atoms with E-state index < -0.39 is 18.7 Å². The minimum Gasteiger partial charge on any atom is -0.390 e. The third-order valence-electron chi connectivity index (χ3n) is 2.63. The van der Waals surface area contributed by atoms with Crippen molar-refractivity contribution in [3.63, 3.8) is 0 Å². The van der Waals surface area contributed by atoms with Gasteiger partial charge < -0.3 is 15.3 Å². The number of likely N-dealkylation sites (tertiary alicyclic amines) is 1. The van der Waals surface area contributed by atoms with Crippen LogP contribution in [-0.4, -0.2) is 55.0 Å². The second-order valence-corrected chi connectivity index (χ2v) is 4.23. The third kappa shape index (κ3) is 6.30. The van der Waals surface area contributed by atoms with Gasteiger partial charge in [-0.2, -0.15) is 13.2 Å². The van der Waals surface area contributed by atoms with Crippen LogP contribution in [0.3, 0.4) is 0 Å². The van der Waals surface area contributed by atoms with Crippen molar-refractivity contribution in [2.24, 2.45) is 0 Å². The zero-order valence-electron chi connectivity index (χ0n) is 9.26. The molecule has 16 heavy (non-hydrogen) atoms. The summed E-state index contributed by atoms with van der Waals surface area (Å²) >= 11 is 0. The molecule has 0 amide bonds. The zero-order valence-corrected chi connectivity index (χ0v) is 9.26. The van der Waals surface area contributed by atoms with Crippen LogP contribution in [-0.2, 0) is 0 Å². The largest absolute Gasteiger partial charge is 0.390 e. The van der Waals surface area contributed by atoms with Crippen molar-refractivity contribution >= 4 is 0 Å². The number of nitrogens with zero attached hydrogens (tertiary/aromatic N) is 1. The molecule has 1 unspecified atom stereocenters. The Hall–Kier alpha value is -0.330. The summed E-state index contributed by atoms with van der Waals surface area (Å²) in [6.45, 7) is 2.63. The van der Waals surface area contributed by atoms with E-state index in [1.54, 1.807) is 0 Å². The van der Waals surface area contributed by atoms with Crippen LogP contribution in [0.1, 0.15) is 19.3 Å². The first-order valence-corrected chi connectivity index (χ1v) is 5.65. The molecule has 0 aromatic rings. The van der Waals surface area contributed by atoms with E-state index in [1.165, 1.54) is 0 Å². The normalized spacial score (nSPS) is 20.2. The van der Waals surface area contributed by atoms with Gasteiger partial charge in [-0.25, -0.2) is 0 Å². The van der Waals surface area contributed by atoms with Crippen LogP contribution in [0, 0.1) is 0 Å². The SMILES string of the molecule is OC(CNCCC(F)(F)F)CN1CCCC1. The topological polar surface area (TPSA) is 35.5 Å². The minimum absolute atomic E-state index is 0.124. The van der Waals surface area contributed by atoms with Gasteiger partial charge in [0.15, 0.2) is 0 Å². The molecule has 6 heteroatoms. The van der Waals surface area contributed by atoms with Crippen LogP contribution in [0.15, 0.2) is 0 Å². The summed E-state index contributed by atoms with van der Waals surface area (Å²) in [7, 11) is 0. The van der Waals surface area contributed by atoms with Gasteiger partial charge in [0.1, 0.15) is 0 Å². The third-order valence-corrected chi connectivity index (χ3v) is 2.63. The lowest BCUT2D eigenvalue weighted by Gasteiger charge is -2.19. The van der Waals surface area contributed by atoms with E-state index in [9.17, 15) is 18.3 Å². The molecule has 0 spiro atoms. The molecule has 0 aliphatic carbocycles. The molecule has 1 saturated heterocycles. The maximum absolute atomic E-state index is 11.8. The summed E-state index contributed by atoms with van der Waals surface area (Å²) in [6, 6.07) is 0. The van der Waals surface area contributed by atoms with Crippen LogP contribution >= 0.6 is 0 Å². The van der Waals surface area contributed by atoms with Gasteiger partial charge in [-0.3, -0.25) is 0 Å². The van der Waals surface area contributed by atoms with Gasteiger partial charge in [0.25, 0.3) is 0 Å². The van der Waals surface area contributed by atoms with Gasteiger partial charge in [0.05, 0.1) is 12.5 Å². The van der Waals surface area contributed by atoms with Crippen molar-refractivity contribution in [2.45, 2.75) is 31.5 Å². The number of rotatable bonds is 6. The number of hydrogen-bond donors (Lipinski definition) is 2. The first kappa shape index (κ1) is 13.7. The number of β-amino-alcohol motifs (C(OH)–C–C–N with tert-alkyl or cyclic N) is 1. The van der Waals surface area contributed by atoms with Crippen molar-refractivity contribution in [1.29, 1.82) is 0 Å². The Kier molecular flexibility index (Phi) is 5.51. The molecular formula is C10H19F3N2O.